The second-order valence-electron chi connectivity index (χ2n) is 4.02. The number of hydrogen-bond acceptors (Lipinski definition) is 5. The van der Waals surface area contributed by atoms with Crippen LogP contribution in [0.25, 0.3) is 0 Å². The average Bonchev–Trinajstić information content (AvgIpc) is 2.63. The van der Waals surface area contributed by atoms with Gasteiger partial charge in [0, 0.05) is 12.5 Å². The zero-order valence-electron chi connectivity index (χ0n) is 9.49. The largest absolute Gasteiger partial charge is 0.349 e. The first-order valence-electron chi connectivity index (χ1n) is 5.55. The number of carbonyl (C=O) groups is 1. The number of nitrogens with one attached hydrogen (secondary N) is 2. The maximum Gasteiger partial charge on any atom is 0.292 e. The van der Waals surface area contributed by atoms with Gasteiger partial charge in [-0.25, -0.2) is 0 Å². The minimum absolute atomic E-state index is 0.121. The molecule has 1 amide bonds. The van der Waals surface area contributed by atoms with E-state index in [4.69, 9.17) is 4.52 Å². The van der Waals surface area contributed by atoms with Gasteiger partial charge < -0.3 is 15.2 Å². The zero-order chi connectivity index (χ0) is 11.5. The zero-order valence-corrected chi connectivity index (χ0v) is 9.49. The standard InChI is InChI=1S/C10H16N4O2/c1-3-12-9(15)8-13-10(16-14-8)6(2)7-4-11-5-7/h6-7,11H,3-5H2,1-2H3,(H,12,15). The fourth-order valence-corrected chi connectivity index (χ4v) is 1.62. The number of nitrogens with zero attached hydrogens (tertiary/aromatic N) is 2. The number of aromatic nitrogens is 2. The van der Waals surface area contributed by atoms with Crippen molar-refractivity contribution in [2.24, 2.45) is 5.92 Å². The van der Waals surface area contributed by atoms with E-state index in [1.165, 1.54) is 0 Å². The van der Waals surface area contributed by atoms with Crippen LogP contribution in [0.5, 0.6) is 0 Å². The van der Waals surface area contributed by atoms with E-state index in [1.54, 1.807) is 0 Å². The van der Waals surface area contributed by atoms with Gasteiger partial charge >= 0.3 is 0 Å². The summed E-state index contributed by atoms with van der Waals surface area (Å²) in [5.41, 5.74) is 0. The van der Waals surface area contributed by atoms with Gasteiger partial charge in [0.15, 0.2) is 0 Å². The van der Waals surface area contributed by atoms with Crippen molar-refractivity contribution in [1.29, 1.82) is 0 Å². The maximum atomic E-state index is 11.4. The van der Waals surface area contributed by atoms with E-state index in [1.807, 2.05) is 13.8 Å². The van der Waals surface area contributed by atoms with Crippen LogP contribution in [0.15, 0.2) is 4.52 Å². The SMILES string of the molecule is CCNC(=O)c1noc(C(C)C2CNC2)n1. The highest BCUT2D eigenvalue weighted by atomic mass is 16.5. The van der Waals surface area contributed by atoms with E-state index in [0.29, 0.717) is 18.4 Å². The highest BCUT2D eigenvalue weighted by Crippen LogP contribution is 2.25. The Balaban J connectivity index is 2.03. The van der Waals surface area contributed by atoms with E-state index in [9.17, 15) is 4.79 Å². The van der Waals surface area contributed by atoms with Crippen LogP contribution in [-0.2, 0) is 0 Å². The van der Waals surface area contributed by atoms with Crippen molar-refractivity contribution >= 4 is 5.91 Å². The summed E-state index contributed by atoms with van der Waals surface area (Å²) in [7, 11) is 0. The van der Waals surface area contributed by atoms with Gasteiger partial charge in [0.25, 0.3) is 11.7 Å². The maximum absolute atomic E-state index is 11.4. The summed E-state index contributed by atoms with van der Waals surface area (Å²) in [5, 5.41) is 9.51. The molecule has 1 saturated heterocycles. The van der Waals surface area contributed by atoms with Crippen LogP contribution < -0.4 is 10.6 Å². The predicted octanol–water partition coefficient (Wildman–Crippen LogP) is 0.142. The van der Waals surface area contributed by atoms with Gasteiger partial charge in [-0.2, -0.15) is 4.98 Å². The van der Waals surface area contributed by atoms with E-state index < -0.39 is 0 Å². The van der Waals surface area contributed by atoms with Crippen molar-refractivity contribution in [2.75, 3.05) is 19.6 Å². The van der Waals surface area contributed by atoms with E-state index in [2.05, 4.69) is 20.8 Å². The van der Waals surface area contributed by atoms with Crippen LogP contribution >= 0.6 is 0 Å². The molecular weight excluding hydrogens is 208 g/mol. The fourth-order valence-electron chi connectivity index (χ4n) is 1.62. The topological polar surface area (TPSA) is 80.0 Å². The molecule has 6 heteroatoms. The fraction of sp³-hybridized carbons (Fsp3) is 0.700. The van der Waals surface area contributed by atoms with Crippen LogP contribution in [0.1, 0.15) is 36.3 Å². The summed E-state index contributed by atoms with van der Waals surface area (Å²) in [4.78, 5) is 15.5. The van der Waals surface area contributed by atoms with Crippen molar-refractivity contribution in [1.82, 2.24) is 20.8 Å². The summed E-state index contributed by atoms with van der Waals surface area (Å²) >= 11 is 0. The quantitative estimate of drug-likeness (QED) is 0.760. The molecule has 0 aliphatic carbocycles. The highest BCUT2D eigenvalue weighted by molar-refractivity contribution is 5.90. The molecule has 1 aromatic heterocycles. The second-order valence-corrected chi connectivity index (χ2v) is 4.02. The molecular formula is C10H16N4O2. The molecule has 1 aliphatic heterocycles. The Morgan fingerprint density at radius 3 is 3.00 bits per heavy atom. The molecule has 16 heavy (non-hydrogen) atoms. The first-order valence-corrected chi connectivity index (χ1v) is 5.55. The molecule has 88 valence electrons. The Hall–Kier alpha value is -1.43. The van der Waals surface area contributed by atoms with E-state index >= 15 is 0 Å². The summed E-state index contributed by atoms with van der Waals surface area (Å²) < 4.78 is 5.10. The summed E-state index contributed by atoms with van der Waals surface area (Å²) in [5.74, 6) is 1.12. The molecule has 1 unspecified atom stereocenters. The monoisotopic (exact) mass is 224 g/mol. The Kier molecular flexibility index (Phi) is 3.19. The third-order valence-electron chi connectivity index (χ3n) is 2.89. The van der Waals surface area contributed by atoms with Gasteiger partial charge in [0.1, 0.15) is 0 Å². The third kappa shape index (κ3) is 2.06. The Bertz CT molecular complexity index is 373. The molecule has 0 saturated carbocycles. The molecule has 1 fully saturated rings. The lowest BCUT2D eigenvalue weighted by molar-refractivity contribution is 0.0942. The van der Waals surface area contributed by atoms with Crippen LogP contribution in [-0.4, -0.2) is 35.7 Å². The van der Waals surface area contributed by atoms with Gasteiger partial charge in [-0.3, -0.25) is 4.79 Å². The molecule has 1 atom stereocenters. The lowest BCUT2D eigenvalue weighted by atomic mass is 9.89. The third-order valence-corrected chi connectivity index (χ3v) is 2.89. The molecule has 0 spiro atoms. The normalized spacial score (nSPS) is 17.9. The average molecular weight is 224 g/mol. The van der Waals surface area contributed by atoms with Crippen molar-refractivity contribution in [2.45, 2.75) is 19.8 Å². The number of rotatable bonds is 4. The van der Waals surface area contributed by atoms with Crippen molar-refractivity contribution < 1.29 is 9.32 Å². The van der Waals surface area contributed by atoms with Crippen LogP contribution in [0, 0.1) is 5.92 Å². The molecule has 2 N–H and O–H groups in total. The molecule has 2 rings (SSSR count). The van der Waals surface area contributed by atoms with E-state index in [0.717, 1.165) is 13.1 Å². The van der Waals surface area contributed by atoms with Crippen molar-refractivity contribution in [3.63, 3.8) is 0 Å². The van der Waals surface area contributed by atoms with Crippen LogP contribution in [0.3, 0.4) is 0 Å². The Morgan fingerprint density at radius 2 is 2.44 bits per heavy atom. The lowest BCUT2D eigenvalue weighted by Gasteiger charge is -2.30. The van der Waals surface area contributed by atoms with E-state index in [-0.39, 0.29) is 17.6 Å². The highest BCUT2D eigenvalue weighted by Gasteiger charge is 2.29. The molecule has 1 aliphatic rings. The minimum Gasteiger partial charge on any atom is -0.349 e. The molecule has 0 bridgehead atoms. The first kappa shape index (κ1) is 11.1. The number of hydrogen-bond donors (Lipinski definition) is 2. The van der Waals surface area contributed by atoms with Gasteiger partial charge in [-0.15, -0.1) is 0 Å². The second kappa shape index (κ2) is 4.61. The molecule has 0 aromatic carbocycles. The first-order chi connectivity index (χ1) is 7.72. The molecule has 6 nitrogen and oxygen atoms in total. The van der Waals surface area contributed by atoms with Crippen molar-refractivity contribution in [3.8, 4) is 0 Å². The Labute approximate surface area is 93.8 Å². The number of carbonyl (C=O) groups excluding carboxylic acids is 1. The van der Waals surface area contributed by atoms with Crippen LogP contribution in [0.4, 0.5) is 0 Å². The number of amides is 1. The lowest BCUT2D eigenvalue weighted by Crippen LogP contribution is -2.44. The minimum atomic E-state index is -0.281. The summed E-state index contributed by atoms with van der Waals surface area (Å²) in [6.45, 7) is 6.40. The molecule has 1 aromatic rings. The molecule has 2 heterocycles. The van der Waals surface area contributed by atoms with Gasteiger partial charge in [0.05, 0.1) is 0 Å². The predicted molar refractivity (Wildman–Crippen MR) is 57.1 cm³/mol. The van der Waals surface area contributed by atoms with Gasteiger partial charge in [-0.1, -0.05) is 12.1 Å². The van der Waals surface area contributed by atoms with Crippen LogP contribution in [0.2, 0.25) is 0 Å². The van der Waals surface area contributed by atoms with Gasteiger partial charge in [-0.05, 0) is 25.9 Å². The Morgan fingerprint density at radius 1 is 1.69 bits per heavy atom. The smallest absolute Gasteiger partial charge is 0.292 e. The van der Waals surface area contributed by atoms with Crippen molar-refractivity contribution in [3.05, 3.63) is 11.7 Å². The van der Waals surface area contributed by atoms with Gasteiger partial charge in [0.2, 0.25) is 5.89 Å². The summed E-state index contributed by atoms with van der Waals surface area (Å²) in [6.07, 6.45) is 0. The summed E-state index contributed by atoms with van der Waals surface area (Å²) in [6, 6.07) is 0. The molecule has 0 radical (unpaired) electrons.